The van der Waals surface area contributed by atoms with Gasteiger partial charge in [-0.2, -0.15) is 13.2 Å². The van der Waals surface area contributed by atoms with E-state index in [1.165, 1.54) is 6.08 Å². The first kappa shape index (κ1) is 12.3. The van der Waals surface area contributed by atoms with Crippen molar-refractivity contribution >= 4 is 10.0 Å². The first-order chi connectivity index (χ1) is 6.59. The molecule has 0 aliphatic heterocycles. The third-order valence-corrected chi connectivity index (χ3v) is 3.75. The molecule has 0 amide bonds. The Balaban J connectivity index is 3.29. The van der Waals surface area contributed by atoms with Crippen LogP contribution in [0.5, 0.6) is 0 Å². The van der Waals surface area contributed by atoms with E-state index >= 15 is 0 Å². The van der Waals surface area contributed by atoms with Gasteiger partial charge in [0.25, 0.3) is 0 Å². The van der Waals surface area contributed by atoms with E-state index in [-0.39, 0.29) is 0 Å². The lowest BCUT2D eigenvalue weighted by Gasteiger charge is -2.35. The van der Waals surface area contributed by atoms with Gasteiger partial charge in [-0.05, 0) is 6.92 Å². The second-order valence-corrected chi connectivity index (χ2v) is 5.22. The van der Waals surface area contributed by atoms with Crippen molar-refractivity contribution in [2.24, 2.45) is 10.6 Å². The molecule has 2 atom stereocenters. The van der Waals surface area contributed by atoms with Crippen LogP contribution in [0.4, 0.5) is 13.2 Å². The van der Waals surface area contributed by atoms with Gasteiger partial charge in [-0.15, -0.1) is 0 Å². The number of nitrogens with two attached hydrogens (primary N) is 1. The predicted molar refractivity (Wildman–Crippen MR) is 49.3 cm³/mol. The topological polar surface area (TPSA) is 60.2 Å². The molecule has 15 heavy (non-hydrogen) atoms. The lowest BCUT2D eigenvalue weighted by atomic mass is 9.82. The lowest BCUT2D eigenvalue weighted by molar-refractivity contribution is -0.197. The van der Waals surface area contributed by atoms with Crippen molar-refractivity contribution in [3.8, 4) is 0 Å². The molecule has 1 aliphatic rings. The van der Waals surface area contributed by atoms with Crippen LogP contribution in [-0.2, 0) is 10.0 Å². The predicted octanol–water partition coefficient (Wildman–Crippen LogP) is 1.34. The maximum atomic E-state index is 12.7. The van der Waals surface area contributed by atoms with Gasteiger partial charge in [0, 0.05) is 0 Å². The van der Waals surface area contributed by atoms with Crippen LogP contribution >= 0.6 is 0 Å². The fourth-order valence-electron chi connectivity index (χ4n) is 1.42. The van der Waals surface area contributed by atoms with Crippen molar-refractivity contribution in [3.05, 3.63) is 24.3 Å². The van der Waals surface area contributed by atoms with Gasteiger partial charge in [0.2, 0.25) is 10.0 Å². The minimum atomic E-state index is -4.66. The highest BCUT2D eigenvalue weighted by Gasteiger charge is 2.57. The van der Waals surface area contributed by atoms with Gasteiger partial charge in [-0.3, -0.25) is 0 Å². The lowest BCUT2D eigenvalue weighted by Crippen LogP contribution is -2.49. The van der Waals surface area contributed by atoms with Gasteiger partial charge < -0.3 is 0 Å². The van der Waals surface area contributed by atoms with E-state index in [9.17, 15) is 21.6 Å². The smallest absolute Gasteiger partial charge is 0.228 e. The van der Waals surface area contributed by atoms with Gasteiger partial charge in [0.1, 0.15) is 10.7 Å². The van der Waals surface area contributed by atoms with Crippen LogP contribution in [0.3, 0.4) is 0 Å². The maximum absolute atomic E-state index is 12.7. The standard InChI is InChI=1S/C8H10F3NO2S/c1-7(8(9,10)11)5-3-2-4-6(7)15(12,13)14/h2-6H,1H3,(H2,12,13,14). The SMILES string of the molecule is CC1(C(F)(F)F)C=CC=CC1S(N)(=O)=O. The number of hydrogen-bond acceptors (Lipinski definition) is 2. The Morgan fingerprint density at radius 1 is 1.33 bits per heavy atom. The second-order valence-electron chi connectivity index (χ2n) is 3.53. The zero-order valence-corrected chi connectivity index (χ0v) is 8.64. The summed E-state index contributed by atoms with van der Waals surface area (Å²) in [6, 6.07) is 0. The molecule has 0 aromatic carbocycles. The van der Waals surface area contributed by atoms with Crippen LogP contribution in [0.15, 0.2) is 24.3 Å². The molecule has 0 aromatic heterocycles. The van der Waals surface area contributed by atoms with Gasteiger partial charge in [0.15, 0.2) is 0 Å². The van der Waals surface area contributed by atoms with Crippen LogP contribution in [0, 0.1) is 5.41 Å². The average molecular weight is 241 g/mol. The second kappa shape index (κ2) is 3.34. The zero-order chi connectivity index (χ0) is 11.9. The molecule has 0 saturated carbocycles. The largest absolute Gasteiger partial charge is 0.399 e. The Morgan fingerprint density at radius 3 is 2.20 bits per heavy atom. The Kier molecular flexibility index (Phi) is 2.73. The Morgan fingerprint density at radius 2 is 1.87 bits per heavy atom. The Hall–Kier alpha value is -0.820. The van der Waals surface area contributed by atoms with Crippen molar-refractivity contribution in [1.29, 1.82) is 0 Å². The number of alkyl halides is 3. The number of primary sulfonamides is 1. The molecular formula is C8H10F3NO2S. The fraction of sp³-hybridized carbons (Fsp3) is 0.500. The number of sulfonamides is 1. The first-order valence-corrected chi connectivity index (χ1v) is 5.64. The van der Waals surface area contributed by atoms with Crippen molar-refractivity contribution in [1.82, 2.24) is 0 Å². The summed E-state index contributed by atoms with van der Waals surface area (Å²) in [6.07, 6.45) is -0.506. The highest BCUT2D eigenvalue weighted by atomic mass is 32.2. The summed E-state index contributed by atoms with van der Waals surface area (Å²) in [4.78, 5) is 0. The quantitative estimate of drug-likeness (QED) is 0.753. The van der Waals surface area contributed by atoms with Gasteiger partial charge in [0.05, 0.1) is 0 Å². The molecular weight excluding hydrogens is 231 g/mol. The summed E-state index contributed by atoms with van der Waals surface area (Å²) in [6.45, 7) is 0.808. The summed E-state index contributed by atoms with van der Waals surface area (Å²) in [5, 5.41) is 3.00. The highest BCUT2D eigenvalue weighted by molar-refractivity contribution is 7.90. The van der Waals surface area contributed by atoms with E-state index in [0.29, 0.717) is 0 Å². The van der Waals surface area contributed by atoms with E-state index in [2.05, 4.69) is 0 Å². The van der Waals surface area contributed by atoms with Crippen LogP contribution in [0.2, 0.25) is 0 Å². The Labute approximate surface area is 85.5 Å². The van der Waals surface area contributed by atoms with Crippen molar-refractivity contribution in [2.45, 2.75) is 18.3 Å². The van der Waals surface area contributed by atoms with E-state index in [4.69, 9.17) is 5.14 Å². The molecule has 0 bridgehead atoms. The minimum Gasteiger partial charge on any atom is -0.228 e. The molecule has 0 saturated heterocycles. The monoisotopic (exact) mass is 241 g/mol. The molecule has 7 heteroatoms. The summed E-state index contributed by atoms with van der Waals surface area (Å²) >= 11 is 0. The van der Waals surface area contributed by atoms with E-state index in [1.54, 1.807) is 0 Å². The summed E-state index contributed by atoms with van der Waals surface area (Å²) in [5.41, 5.74) is -2.46. The summed E-state index contributed by atoms with van der Waals surface area (Å²) in [5.74, 6) is 0. The molecule has 1 aliphatic carbocycles. The van der Waals surface area contributed by atoms with Crippen LogP contribution in [0.25, 0.3) is 0 Å². The van der Waals surface area contributed by atoms with Crippen molar-refractivity contribution in [2.75, 3.05) is 0 Å². The van der Waals surface area contributed by atoms with Crippen molar-refractivity contribution in [3.63, 3.8) is 0 Å². The molecule has 1 rings (SSSR count). The number of allylic oxidation sites excluding steroid dienone is 3. The minimum absolute atomic E-state index is 0.808. The van der Waals surface area contributed by atoms with Crippen LogP contribution in [0.1, 0.15) is 6.92 Å². The average Bonchev–Trinajstić information content (AvgIpc) is 2.00. The zero-order valence-electron chi connectivity index (χ0n) is 7.82. The molecule has 3 nitrogen and oxygen atoms in total. The normalized spacial score (nSPS) is 31.9. The first-order valence-electron chi connectivity index (χ1n) is 4.03. The fourth-order valence-corrected chi connectivity index (χ4v) is 2.63. The third kappa shape index (κ3) is 2.07. The number of halogens is 3. The van der Waals surface area contributed by atoms with Gasteiger partial charge in [-0.25, -0.2) is 13.6 Å². The van der Waals surface area contributed by atoms with Crippen molar-refractivity contribution < 1.29 is 21.6 Å². The summed E-state index contributed by atoms with van der Waals surface area (Å²) < 4.78 is 60.2. The van der Waals surface area contributed by atoms with E-state index in [0.717, 1.165) is 25.2 Å². The Bertz CT molecular complexity index is 410. The molecule has 0 aromatic rings. The molecule has 2 unspecified atom stereocenters. The number of hydrogen-bond donors (Lipinski definition) is 1. The molecule has 0 radical (unpaired) electrons. The van der Waals surface area contributed by atoms with E-state index < -0.39 is 26.9 Å². The molecule has 86 valence electrons. The maximum Gasteiger partial charge on any atom is 0.399 e. The van der Waals surface area contributed by atoms with E-state index in [1.807, 2.05) is 0 Å². The van der Waals surface area contributed by atoms with Gasteiger partial charge in [-0.1, -0.05) is 24.3 Å². The molecule has 0 heterocycles. The van der Waals surface area contributed by atoms with Crippen LogP contribution < -0.4 is 5.14 Å². The highest BCUT2D eigenvalue weighted by Crippen LogP contribution is 2.45. The molecule has 0 fully saturated rings. The van der Waals surface area contributed by atoms with Crippen LogP contribution in [-0.4, -0.2) is 19.8 Å². The number of rotatable bonds is 1. The summed E-state index contributed by atoms with van der Waals surface area (Å²) in [7, 11) is -4.27. The molecule has 0 spiro atoms. The third-order valence-electron chi connectivity index (χ3n) is 2.40. The van der Waals surface area contributed by atoms with Gasteiger partial charge >= 0.3 is 6.18 Å². The molecule has 2 N–H and O–H groups in total.